The molecule has 0 heterocycles. The molecule has 0 radical (unpaired) electrons. The van der Waals surface area contributed by atoms with E-state index in [4.69, 9.17) is 5.73 Å². The summed E-state index contributed by atoms with van der Waals surface area (Å²) in [6, 6.07) is 0.298. The fourth-order valence-corrected chi connectivity index (χ4v) is 0.850. The van der Waals surface area contributed by atoms with Gasteiger partial charge in [-0.1, -0.05) is 13.8 Å². The van der Waals surface area contributed by atoms with Crippen LogP contribution in [0.1, 0.15) is 26.7 Å². The van der Waals surface area contributed by atoms with Crippen molar-refractivity contribution in [2.45, 2.75) is 32.7 Å². The maximum atomic E-state index is 11.1. The quantitative estimate of drug-likeness (QED) is 0.479. The average molecular weight is 201 g/mol. The minimum atomic E-state index is -0.334. The normalized spacial score (nSPS) is 10.2. The summed E-state index contributed by atoms with van der Waals surface area (Å²) in [4.78, 5) is 21.5. The fraction of sp³-hybridized carbons (Fsp3) is 0.778. The van der Waals surface area contributed by atoms with Crippen LogP contribution in [0.3, 0.4) is 0 Å². The summed E-state index contributed by atoms with van der Waals surface area (Å²) >= 11 is 0. The smallest absolute Gasteiger partial charge is 0.233 e. The molecule has 2 amide bonds. The first-order chi connectivity index (χ1) is 6.52. The van der Waals surface area contributed by atoms with E-state index in [-0.39, 0.29) is 11.8 Å². The number of primary amides is 1. The van der Waals surface area contributed by atoms with Gasteiger partial charge in [-0.2, -0.15) is 0 Å². The third-order valence-corrected chi connectivity index (χ3v) is 1.59. The molecule has 0 aromatic rings. The van der Waals surface area contributed by atoms with Gasteiger partial charge < -0.3 is 16.4 Å². The Bertz CT molecular complexity index is 192. The Morgan fingerprint density at radius 3 is 2.50 bits per heavy atom. The number of hydrogen-bond donors (Lipinski definition) is 3. The molecular weight excluding hydrogens is 182 g/mol. The van der Waals surface area contributed by atoms with Gasteiger partial charge in [-0.15, -0.1) is 0 Å². The Labute approximate surface area is 84.4 Å². The molecule has 14 heavy (non-hydrogen) atoms. The van der Waals surface area contributed by atoms with Crippen molar-refractivity contribution in [2.75, 3.05) is 13.1 Å². The Balaban J connectivity index is 3.31. The molecule has 0 aromatic heterocycles. The predicted octanol–water partition coefficient (Wildman–Crippen LogP) is -0.634. The highest BCUT2D eigenvalue weighted by Gasteiger charge is 2.01. The third kappa shape index (κ3) is 8.99. The molecule has 0 bridgehead atoms. The molecule has 5 heteroatoms. The molecule has 0 aromatic carbocycles. The van der Waals surface area contributed by atoms with Crippen LogP contribution in [-0.4, -0.2) is 30.9 Å². The van der Waals surface area contributed by atoms with Crippen LogP contribution in [0.5, 0.6) is 0 Å². The molecule has 0 aliphatic heterocycles. The van der Waals surface area contributed by atoms with E-state index in [2.05, 4.69) is 10.6 Å². The number of nitrogens with two attached hydrogens (primary N) is 1. The number of carbonyl (C=O) groups is 2. The standard InChI is InChI=1S/C9H19N3O2/c1-7(2)12-6-9(14)11-5-3-4-8(10)13/h7,12H,3-6H2,1-2H3,(H2,10,13)(H,11,14). The lowest BCUT2D eigenvalue weighted by molar-refractivity contribution is -0.121. The van der Waals surface area contributed by atoms with Crippen molar-refractivity contribution in [3.8, 4) is 0 Å². The van der Waals surface area contributed by atoms with Crippen LogP contribution in [0, 0.1) is 0 Å². The van der Waals surface area contributed by atoms with E-state index in [1.807, 2.05) is 13.8 Å². The average Bonchev–Trinajstić information content (AvgIpc) is 2.08. The van der Waals surface area contributed by atoms with Crippen LogP contribution in [0.4, 0.5) is 0 Å². The minimum Gasteiger partial charge on any atom is -0.370 e. The van der Waals surface area contributed by atoms with Crippen LogP contribution >= 0.6 is 0 Å². The molecule has 0 unspecified atom stereocenters. The first-order valence-electron chi connectivity index (χ1n) is 4.80. The first kappa shape index (κ1) is 12.9. The zero-order valence-electron chi connectivity index (χ0n) is 8.80. The highest BCUT2D eigenvalue weighted by atomic mass is 16.2. The summed E-state index contributed by atoms with van der Waals surface area (Å²) in [5.41, 5.74) is 4.94. The lowest BCUT2D eigenvalue weighted by atomic mass is 10.3. The van der Waals surface area contributed by atoms with Crippen LogP contribution in [0.25, 0.3) is 0 Å². The molecule has 0 saturated carbocycles. The van der Waals surface area contributed by atoms with Gasteiger partial charge in [-0.25, -0.2) is 0 Å². The van der Waals surface area contributed by atoms with E-state index >= 15 is 0 Å². The Hall–Kier alpha value is -1.10. The van der Waals surface area contributed by atoms with Gasteiger partial charge in [0.1, 0.15) is 0 Å². The molecule has 0 atom stereocenters. The van der Waals surface area contributed by atoms with Crippen molar-refractivity contribution in [3.05, 3.63) is 0 Å². The second kappa shape index (κ2) is 7.32. The second-order valence-corrected chi connectivity index (χ2v) is 3.46. The molecule has 0 fully saturated rings. The molecule has 5 nitrogen and oxygen atoms in total. The van der Waals surface area contributed by atoms with E-state index in [9.17, 15) is 9.59 Å². The molecule has 0 aliphatic rings. The highest BCUT2D eigenvalue weighted by molar-refractivity contribution is 5.78. The van der Waals surface area contributed by atoms with Crippen molar-refractivity contribution >= 4 is 11.8 Å². The van der Waals surface area contributed by atoms with Crippen molar-refractivity contribution in [2.24, 2.45) is 5.73 Å². The number of amides is 2. The lowest BCUT2D eigenvalue weighted by Gasteiger charge is -2.08. The topological polar surface area (TPSA) is 84.2 Å². The maximum Gasteiger partial charge on any atom is 0.233 e. The van der Waals surface area contributed by atoms with Crippen LogP contribution < -0.4 is 16.4 Å². The molecule has 4 N–H and O–H groups in total. The molecule has 0 saturated heterocycles. The third-order valence-electron chi connectivity index (χ3n) is 1.59. The van der Waals surface area contributed by atoms with Gasteiger partial charge in [-0.3, -0.25) is 9.59 Å². The molecular formula is C9H19N3O2. The monoisotopic (exact) mass is 201 g/mol. The van der Waals surface area contributed by atoms with E-state index in [1.165, 1.54) is 0 Å². The zero-order valence-corrected chi connectivity index (χ0v) is 8.80. The number of carbonyl (C=O) groups excluding carboxylic acids is 2. The summed E-state index contributed by atoms with van der Waals surface area (Å²) < 4.78 is 0. The van der Waals surface area contributed by atoms with E-state index in [0.717, 1.165) is 0 Å². The Kier molecular flexibility index (Phi) is 6.74. The SMILES string of the molecule is CC(C)NCC(=O)NCCCC(N)=O. The summed E-state index contributed by atoms with van der Waals surface area (Å²) in [7, 11) is 0. The molecule has 82 valence electrons. The van der Waals surface area contributed by atoms with Crippen molar-refractivity contribution in [1.82, 2.24) is 10.6 Å². The van der Waals surface area contributed by atoms with Crippen molar-refractivity contribution < 1.29 is 9.59 Å². The summed E-state index contributed by atoms with van der Waals surface area (Å²) in [5.74, 6) is -0.386. The van der Waals surface area contributed by atoms with E-state index in [1.54, 1.807) is 0 Å². The number of nitrogens with one attached hydrogen (secondary N) is 2. The predicted molar refractivity (Wildman–Crippen MR) is 54.6 cm³/mol. The van der Waals surface area contributed by atoms with Gasteiger partial charge in [0.2, 0.25) is 11.8 Å². The van der Waals surface area contributed by atoms with Gasteiger partial charge >= 0.3 is 0 Å². The van der Waals surface area contributed by atoms with Crippen LogP contribution in [0.15, 0.2) is 0 Å². The van der Waals surface area contributed by atoms with Gasteiger partial charge in [-0.05, 0) is 6.42 Å². The van der Waals surface area contributed by atoms with Crippen LogP contribution in [0.2, 0.25) is 0 Å². The second-order valence-electron chi connectivity index (χ2n) is 3.46. The number of hydrogen-bond acceptors (Lipinski definition) is 3. The summed E-state index contributed by atoms with van der Waals surface area (Å²) in [6.45, 7) is 4.76. The van der Waals surface area contributed by atoms with E-state index < -0.39 is 0 Å². The fourth-order valence-electron chi connectivity index (χ4n) is 0.850. The van der Waals surface area contributed by atoms with Gasteiger partial charge in [0, 0.05) is 19.0 Å². The van der Waals surface area contributed by atoms with Gasteiger partial charge in [0.25, 0.3) is 0 Å². The zero-order chi connectivity index (χ0) is 11.0. The summed E-state index contributed by atoms with van der Waals surface area (Å²) in [6.07, 6.45) is 0.917. The maximum absolute atomic E-state index is 11.1. The summed E-state index contributed by atoms with van der Waals surface area (Å²) in [5, 5.41) is 5.68. The molecule has 0 rings (SSSR count). The first-order valence-corrected chi connectivity index (χ1v) is 4.80. The van der Waals surface area contributed by atoms with Gasteiger partial charge in [0.15, 0.2) is 0 Å². The lowest BCUT2D eigenvalue weighted by Crippen LogP contribution is -2.37. The Morgan fingerprint density at radius 2 is 2.00 bits per heavy atom. The van der Waals surface area contributed by atoms with Crippen molar-refractivity contribution in [3.63, 3.8) is 0 Å². The van der Waals surface area contributed by atoms with Crippen LogP contribution in [-0.2, 0) is 9.59 Å². The Morgan fingerprint density at radius 1 is 1.36 bits per heavy atom. The molecule has 0 spiro atoms. The molecule has 0 aliphatic carbocycles. The largest absolute Gasteiger partial charge is 0.370 e. The van der Waals surface area contributed by atoms with Crippen molar-refractivity contribution in [1.29, 1.82) is 0 Å². The van der Waals surface area contributed by atoms with E-state index in [0.29, 0.717) is 32.0 Å². The van der Waals surface area contributed by atoms with Gasteiger partial charge in [0.05, 0.1) is 6.54 Å². The highest BCUT2D eigenvalue weighted by Crippen LogP contribution is 1.84. The minimum absolute atomic E-state index is 0.0526. The number of rotatable bonds is 7.